The van der Waals surface area contributed by atoms with Crippen LogP contribution in [0.15, 0.2) is 58.2 Å². The van der Waals surface area contributed by atoms with E-state index in [1.165, 1.54) is 0 Å². The first-order valence-corrected chi connectivity index (χ1v) is 9.03. The molecule has 7 heteroatoms. The maximum absolute atomic E-state index is 12.4. The zero-order valence-electron chi connectivity index (χ0n) is 13.4. The lowest BCUT2D eigenvalue weighted by Gasteiger charge is -2.02. The Morgan fingerprint density at radius 2 is 1.50 bits per heavy atom. The molecular formula is C17H17N3O3S. The van der Waals surface area contributed by atoms with Gasteiger partial charge in [0.25, 0.3) is 0 Å². The van der Waals surface area contributed by atoms with Crippen LogP contribution in [0.2, 0.25) is 0 Å². The van der Waals surface area contributed by atoms with Gasteiger partial charge in [0, 0.05) is 5.69 Å². The summed E-state index contributed by atoms with van der Waals surface area (Å²) in [6, 6.07) is 14.9. The number of benzene rings is 2. The summed E-state index contributed by atoms with van der Waals surface area (Å²) in [6.45, 7) is 3.92. The van der Waals surface area contributed by atoms with Crippen molar-refractivity contribution in [2.24, 2.45) is 0 Å². The van der Waals surface area contributed by atoms with Crippen LogP contribution in [0, 0.1) is 13.8 Å². The average molecular weight is 343 g/mol. The topological polar surface area (TPSA) is 85.1 Å². The number of aryl methyl sites for hydroxylation is 2. The van der Waals surface area contributed by atoms with Crippen LogP contribution in [-0.4, -0.2) is 18.6 Å². The van der Waals surface area contributed by atoms with E-state index in [1.54, 1.807) is 12.1 Å². The smallest absolute Gasteiger partial charge is 0.337 e. The largest absolute Gasteiger partial charge is 0.394 e. The number of rotatable bonds is 5. The van der Waals surface area contributed by atoms with Crippen molar-refractivity contribution in [3.63, 3.8) is 0 Å². The lowest BCUT2D eigenvalue weighted by Crippen LogP contribution is -2.05. The first kappa shape index (κ1) is 16.2. The van der Waals surface area contributed by atoms with Crippen molar-refractivity contribution in [3.05, 3.63) is 65.2 Å². The summed E-state index contributed by atoms with van der Waals surface area (Å²) in [5.41, 5.74) is 3.60. The van der Waals surface area contributed by atoms with Gasteiger partial charge in [0.1, 0.15) is 0 Å². The molecule has 3 rings (SSSR count). The standard InChI is InChI=1S/C17H17N3O3S/c1-12-3-7-14(8-4-12)11-24(21,22)17-20-19-16(23-17)18-15-9-5-13(2)6-10-15/h3-10H,11H2,1-2H3,(H,18,19). The number of hydrogen-bond acceptors (Lipinski definition) is 6. The van der Waals surface area contributed by atoms with Crippen LogP contribution in [0.5, 0.6) is 0 Å². The maximum Gasteiger partial charge on any atom is 0.337 e. The van der Waals surface area contributed by atoms with Gasteiger partial charge >= 0.3 is 11.2 Å². The number of anilines is 2. The number of aromatic nitrogens is 2. The highest BCUT2D eigenvalue weighted by atomic mass is 32.2. The predicted octanol–water partition coefficient (Wildman–Crippen LogP) is 3.40. The molecule has 0 radical (unpaired) electrons. The number of sulfone groups is 1. The Morgan fingerprint density at radius 1 is 0.917 bits per heavy atom. The summed E-state index contributed by atoms with van der Waals surface area (Å²) in [4.78, 5) is 0. The molecule has 0 aliphatic rings. The molecule has 124 valence electrons. The van der Waals surface area contributed by atoms with Crippen molar-refractivity contribution in [1.29, 1.82) is 0 Å². The third-order valence-electron chi connectivity index (χ3n) is 3.45. The van der Waals surface area contributed by atoms with Gasteiger partial charge in [-0.05, 0) is 31.5 Å². The number of nitrogens with zero attached hydrogens (tertiary/aromatic N) is 2. The van der Waals surface area contributed by atoms with E-state index in [9.17, 15) is 8.42 Å². The normalized spacial score (nSPS) is 11.4. The molecule has 2 aromatic carbocycles. The Kier molecular flexibility index (Phi) is 4.35. The van der Waals surface area contributed by atoms with Crippen LogP contribution in [0.3, 0.4) is 0 Å². The van der Waals surface area contributed by atoms with Crippen LogP contribution in [0.4, 0.5) is 11.7 Å². The molecule has 0 fully saturated rings. The second kappa shape index (κ2) is 6.45. The van der Waals surface area contributed by atoms with Gasteiger partial charge in [0.05, 0.1) is 5.75 Å². The third-order valence-corrected chi connectivity index (χ3v) is 4.86. The minimum Gasteiger partial charge on any atom is -0.394 e. The highest BCUT2D eigenvalue weighted by molar-refractivity contribution is 7.90. The quantitative estimate of drug-likeness (QED) is 0.764. The lowest BCUT2D eigenvalue weighted by molar-refractivity contribution is 0.442. The summed E-state index contributed by atoms with van der Waals surface area (Å²) in [5, 5.41) is 9.90. The molecule has 3 aromatic rings. The average Bonchev–Trinajstić information content (AvgIpc) is 3.01. The van der Waals surface area contributed by atoms with E-state index in [0.29, 0.717) is 5.56 Å². The van der Waals surface area contributed by atoms with E-state index in [2.05, 4.69) is 15.5 Å². The molecule has 1 N–H and O–H groups in total. The molecule has 0 saturated carbocycles. The molecule has 0 bridgehead atoms. The van der Waals surface area contributed by atoms with Crippen molar-refractivity contribution in [3.8, 4) is 0 Å². The monoisotopic (exact) mass is 343 g/mol. The van der Waals surface area contributed by atoms with Gasteiger partial charge in [-0.1, -0.05) is 57.7 Å². The molecule has 0 amide bonds. The second-order valence-corrected chi connectivity index (χ2v) is 7.48. The number of hydrogen-bond donors (Lipinski definition) is 1. The van der Waals surface area contributed by atoms with Crippen molar-refractivity contribution in [1.82, 2.24) is 10.2 Å². The van der Waals surface area contributed by atoms with Crippen molar-refractivity contribution in [2.45, 2.75) is 24.8 Å². The predicted molar refractivity (Wildman–Crippen MR) is 90.8 cm³/mol. The molecule has 0 unspecified atom stereocenters. The fourth-order valence-corrected chi connectivity index (χ4v) is 3.24. The van der Waals surface area contributed by atoms with E-state index < -0.39 is 15.1 Å². The lowest BCUT2D eigenvalue weighted by atomic mass is 10.2. The van der Waals surface area contributed by atoms with Crippen LogP contribution in [-0.2, 0) is 15.6 Å². The van der Waals surface area contributed by atoms with E-state index in [4.69, 9.17) is 4.42 Å². The fraction of sp³-hybridized carbons (Fsp3) is 0.176. The van der Waals surface area contributed by atoms with Crippen LogP contribution in [0.25, 0.3) is 0 Å². The Hall–Kier alpha value is -2.67. The highest BCUT2D eigenvalue weighted by Crippen LogP contribution is 2.20. The molecule has 1 heterocycles. The Balaban J connectivity index is 1.76. The van der Waals surface area contributed by atoms with Gasteiger partial charge < -0.3 is 9.73 Å². The summed E-state index contributed by atoms with van der Waals surface area (Å²) >= 11 is 0. The summed E-state index contributed by atoms with van der Waals surface area (Å²) in [7, 11) is -3.68. The molecule has 0 aliphatic heterocycles. The van der Waals surface area contributed by atoms with Crippen LogP contribution < -0.4 is 5.32 Å². The molecule has 24 heavy (non-hydrogen) atoms. The highest BCUT2D eigenvalue weighted by Gasteiger charge is 2.23. The van der Waals surface area contributed by atoms with Crippen LogP contribution in [0.1, 0.15) is 16.7 Å². The van der Waals surface area contributed by atoms with Crippen LogP contribution >= 0.6 is 0 Å². The molecular weight excluding hydrogens is 326 g/mol. The third kappa shape index (κ3) is 3.80. The van der Waals surface area contributed by atoms with Gasteiger partial charge in [-0.15, -0.1) is 0 Å². The Labute approximate surface area is 140 Å². The molecule has 1 aromatic heterocycles. The SMILES string of the molecule is Cc1ccc(CS(=O)(=O)c2nnc(Nc3ccc(C)cc3)o2)cc1. The molecule has 0 aliphatic carbocycles. The van der Waals surface area contributed by atoms with Gasteiger partial charge in [0.2, 0.25) is 9.84 Å². The zero-order valence-corrected chi connectivity index (χ0v) is 14.2. The maximum atomic E-state index is 12.4. The minimum absolute atomic E-state index is 0.0429. The van der Waals surface area contributed by atoms with Crippen molar-refractivity contribution >= 4 is 21.5 Å². The number of nitrogens with one attached hydrogen (secondary N) is 1. The summed E-state index contributed by atoms with van der Waals surface area (Å²) in [5.74, 6) is -0.181. The first-order valence-electron chi connectivity index (χ1n) is 7.38. The summed E-state index contributed by atoms with van der Waals surface area (Å²) in [6.07, 6.45) is 0. The van der Waals surface area contributed by atoms with Gasteiger partial charge in [-0.2, -0.15) is 0 Å². The van der Waals surface area contributed by atoms with E-state index in [0.717, 1.165) is 16.8 Å². The summed E-state index contributed by atoms with van der Waals surface area (Å²) < 4.78 is 30.0. The van der Waals surface area contributed by atoms with E-state index in [-0.39, 0.29) is 11.8 Å². The van der Waals surface area contributed by atoms with E-state index >= 15 is 0 Å². The van der Waals surface area contributed by atoms with Gasteiger partial charge in [-0.3, -0.25) is 0 Å². The first-order chi connectivity index (χ1) is 11.4. The van der Waals surface area contributed by atoms with E-state index in [1.807, 2.05) is 50.2 Å². The van der Waals surface area contributed by atoms with Crippen molar-refractivity contribution in [2.75, 3.05) is 5.32 Å². The Bertz CT molecular complexity index is 930. The molecule has 0 spiro atoms. The minimum atomic E-state index is -3.68. The van der Waals surface area contributed by atoms with Gasteiger partial charge in [-0.25, -0.2) is 8.42 Å². The Morgan fingerprint density at radius 3 is 2.12 bits per heavy atom. The zero-order chi connectivity index (χ0) is 17.2. The molecule has 6 nitrogen and oxygen atoms in total. The molecule has 0 atom stereocenters. The van der Waals surface area contributed by atoms with Gasteiger partial charge in [0.15, 0.2) is 0 Å². The molecule has 0 saturated heterocycles. The van der Waals surface area contributed by atoms with Crippen molar-refractivity contribution < 1.29 is 12.8 Å². The fourth-order valence-electron chi connectivity index (χ4n) is 2.11. The second-order valence-electron chi connectivity index (χ2n) is 5.61.